The van der Waals surface area contributed by atoms with Gasteiger partial charge in [-0.25, -0.2) is 14.8 Å². The number of carbonyl (C=O) groups excluding carboxylic acids is 1. The number of benzene rings is 1. The molecule has 4 heterocycles. The highest BCUT2D eigenvalue weighted by Gasteiger charge is 2.28. The number of aromatic amines is 1. The molecule has 1 saturated heterocycles. The first-order valence-electron chi connectivity index (χ1n) is 13.6. The zero-order chi connectivity index (χ0) is 27.7. The van der Waals surface area contributed by atoms with Crippen LogP contribution in [-0.4, -0.2) is 72.4 Å². The number of carbonyl (C=O) groups is 1. The summed E-state index contributed by atoms with van der Waals surface area (Å²) in [6, 6.07) is 12.8. The molecule has 0 bridgehead atoms. The molecule has 0 aliphatic carbocycles. The van der Waals surface area contributed by atoms with Crippen LogP contribution in [0.25, 0.3) is 22.3 Å². The van der Waals surface area contributed by atoms with E-state index in [-0.39, 0.29) is 18.2 Å². The van der Waals surface area contributed by atoms with Gasteiger partial charge in [-0.3, -0.25) is 9.58 Å². The van der Waals surface area contributed by atoms with Crippen LogP contribution in [0.5, 0.6) is 0 Å². The number of imidazole rings is 1. The Kier molecular flexibility index (Phi) is 7.31. The average Bonchev–Trinajstić information content (AvgIpc) is 3.54. The number of hydrogen-bond donors (Lipinski definition) is 2. The van der Waals surface area contributed by atoms with Crippen LogP contribution in [0.3, 0.4) is 0 Å². The molecule has 0 saturated carbocycles. The number of nitrogens with zero attached hydrogens (tertiary/aromatic N) is 6. The Bertz CT molecular complexity index is 1440. The minimum Gasteiger partial charge on any atom is -0.444 e. The first-order valence-corrected chi connectivity index (χ1v) is 13.6. The molecule has 1 unspecified atom stereocenters. The third kappa shape index (κ3) is 6.06. The van der Waals surface area contributed by atoms with Gasteiger partial charge in [0.1, 0.15) is 11.4 Å². The fraction of sp³-hybridized carbons (Fsp3) is 0.448. The van der Waals surface area contributed by atoms with E-state index in [1.807, 2.05) is 56.0 Å². The summed E-state index contributed by atoms with van der Waals surface area (Å²) in [5.41, 5.74) is 4.65. The Labute approximate surface area is 229 Å². The van der Waals surface area contributed by atoms with Crippen molar-refractivity contribution in [3.05, 3.63) is 54.4 Å². The van der Waals surface area contributed by atoms with Crippen LogP contribution in [0, 0.1) is 0 Å². The van der Waals surface area contributed by atoms with E-state index in [1.165, 1.54) is 0 Å². The molecule has 1 aliphatic rings. The average molecular weight is 531 g/mol. The van der Waals surface area contributed by atoms with Crippen LogP contribution < -0.4 is 5.32 Å². The summed E-state index contributed by atoms with van der Waals surface area (Å²) < 4.78 is 7.55. The molecule has 1 aliphatic heterocycles. The summed E-state index contributed by atoms with van der Waals surface area (Å²) >= 11 is 0. The first-order chi connectivity index (χ1) is 18.6. The first kappa shape index (κ1) is 26.7. The molecule has 206 valence electrons. The molecule has 10 heteroatoms. The molecule has 1 aromatic carbocycles. The van der Waals surface area contributed by atoms with Crippen molar-refractivity contribution in [2.45, 2.75) is 59.2 Å². The summed E-state index contributed by atoms with van der Waals surface area (Å²) in [7, 11) is 0. The van der Waals surface area contributed by atoms with Crippen LogP contribution in [0.2, 0.25) is 0 Å². The highest BCUT2D eigenvalue weighted by atomic mass is 16.6. The third-order valence-corrected chi connectivity index (χ3v) is 6.96. The Balaban J connectivity index is 1.25. The lowest BCUT2D eigenvalue weighted by Crippen LogP contribution is -2.50. The zero-order valence-electron chi connectivity index (χ0n) is 23.6. The maximum absolute atomic E-state index is 12.4. The van der Waals surface area contributed by atoms with E-state index in [1.54, 1.807) is 4.90 Å². The van der Waals surface area contributed by atoms with Gasteiger partial charge in [-0.05, 0) is 77.4 Å². The van der Waals surface area contributed by atoms with Gasteiger partial charge >= 0.3 is 6.09 Å². The van der Waals surface area contributed by atoms with E-state index >= 15 is 0 Å². The molecule has 1 atom stereocenters. The normalized spacial score (nSPS) is 15.6. The molecular formula is C29H38N8O2. The second-order valence-corrected chi connectivity index (χ2v) is 11.4. The van der Waals surface area contributed by atoms with Gasteiger partial charge in [-0.2, -0.15) is 5.10 Å². The number of pyridine rings is 1. The number of hydrogen-bond acceptors (Lipinski definition) is 7. The SMILES string of the molecule is CC(c1ccnc(Nc2nc3ccc(-c4ccnn4C(C)C)cc3[nH]2)c1)N1CCN(C(=O)OC(C)(C)C)CC1. The second-order valence-electron chi connectivity index (χ2n) is 11.4. The van der Waals surface area contributed by atoms with Crippen molar-refractivity contribution in [1.82, 2.24) is 34.5 Å². The number of aromatic nitrogens is 5. The largest absolute Gasteiger partial charge is 0.444 e. The lowest BCUT2D eigenvalue weighted by molar-refractivity contribution is 0.0110. The van der Waals surface area contributed by atoms with Gasteiger partial charge in [-0.15, -0.1) is 0 Å². The Morgan fingerprint density at radius 2 is 1.79 bits per heavy atom. The van der Waals surface area contributed by atoms with Gasteiger partial charge in [0.15, 0.2) is 0 Å². The molecule has 39 heavy (non-hydrogen) atoms. The molecule has 4 aromatic rings. The van der Waals surface area contributed by atoms with Crippen molar-refractivity contribution >= 4 is 28.9 Å². The van der Waals surface area contributed by atoms with Gasteiger partial charge in [0.2, 0.25) is 5.95 Å². The minimum atomic E-state index is -0.485. The van der Waals surface area contributed by atoms with Crippen molar-refractivity contribution in [3.63, 3.8) is 0 Å². The maximum Gasteiger partial charge on any atom is 0.410 e. The number of piperazine rings is 1. The molecule has 2 N–H and O–H groups in total. The van der Waals surface area contributed by atoms with Crippen LogP contribution in [0.15, 0.2) is 48.8 Å². The monoisotopic (exact) mass is 530 g/mol. The van der Waals surface area contributed by atoms with Gasteiger partial charge in [0.05, 0.1) is 16.7 Å². The zero-order valence-corrected chi connectivity index (χ0v) is 23.6. The van der Waals surface area contributed by atoms with E-state index in [0.717, 1.165) is 46.8 Å². The Morgan fingerprint density at radius 3 is 2.51 bits per heavy atom. The molecule has 3 aromatic heterocycles. The van der Waals surface area contributed by atoms with Crippen LogP contribution in [-0.2, 0) is 4.74 Å². The standard InChI is InChI=1S/C29H38N8O2/c1-19(2)37-25(10-12-31-37)22-7-8-23-24(17-22)33-27(32-23)34-26-18-21(9-11-30-26)20(3)35-13-15-36(16-14-35)28(38)39-29(4,5)6/h7-12,17-20H,13-16H2,1-6H3,(H2,30,32,33,34). The molecule has 1 fully saturated rings. The maximum atomic E-state index is 12.4. The summed E-state index contributed by atoms with van der Waals surface area (Å²) in [4.78, 5) is 29.2. The van der Waals surface area contributed by atoms with Crippen molar-refractivity contribution in [1.29, 1.82) is 0 Å². The van der Waals surface area contributed by atoms with Gasteiger partial charge < -0.3 is 19.9 Å². The lowest BCUT2D eigenvalue weighted by atomic mass is 10.1. The summed E-state index contributed by atoms with van der Waals surface area (Å²) in [6.07, 6.45) is 3.41. The molecule has 0 spiro atoms. The van der Waals surface area contributed by atoms with Crippen molar-refractivity contribution in [2.75, 3.05) is 31.5 Å². The number of amides is 1. The Morgan fingerprint density at radius 1 is 1.03 bits per heavy atom. The van der Waals surface area contributed by atoms with E-state index in [9.17, 15) is 4.79 Å². The molecule has 1 amide bonds. The van der Waals surface area contributed by atoms with Crippen molar-refractivity contribution in [2.24, 2.45) is 0 Å². The molecule has 5 rings (SSSR count). The van der Waals surface area contributed by atoms with Crippen LogP contribution in [0.4, 0.5) is 16.6 Å². The van der Waals surface area contributed by atoms with E-state index in [2.05, 4.69) is 64.3 Å². The smallest absolute Gasteiger partial charge is 0.410 e. The predicted octanol–water partition coefficient (Wildman–Crippen LogP) is 5.76. The highest BCUT2D eigenvalue weighted by molar-refractivity contribution is 5.83. The summed E-state index contributed by atoms with van der Waals surface area (Å²) in [5.74, 6) is 1.37. The number of H-pyrrole nitrogens is 1. The fourth-order valence-electron chi connectivity index (χ4n) is 4.91. The summed E-state index contributed by atoms with van der Waals surface area (Å²) in [5, 5.41) is 7.79. The van der Waals surface area contributed by atoms with Crippen LogP contribution >= 0.6 is 0 Å². The number of nitrogens with one attached hydrogen (secondary N) is 2. The third-order valence-electron chi connectivity index (χ3n) is 6.96. The fourth-order valence-corrected chi connectivity index (χ4v) is 4.91. The molecule has 0 radical (unpaired) electrons. The minimum absolute atomic E-state index is 0.179. The van der Waals surface area contributed by atoms with E-state index in [0.29, 0.717) is 19.0 Å². The van der Waals surface area contributed by atoms with Crippen LogP contribution in [0.1, 0.15) is 59.2 Å². The van der Waals surface area contributed by atoms with Gasteiger partial charge in [0, 0.05) is 56.2 Å². The highest BCUT2D eigenvalue weighted by Crippen LogP contribution is 2.28. The van der Waals surface area contributed by atoms with Gasteiger partial charge in [-0.1, -0.05) is 6.07 Å². The van der Waals surface area contributed by atoms with Crippen molar-refractivity contribution < 1.29 is 9.53 Å². The number of anilines is 2. The number of fused-ring (bicyclic) bond motifs is 1. The van der Waals surface area contributed by atoms with E-state index < -0.39 is 5.60 Å². The number of rotatable bonds is 6. The quantitative estimate of drug-likeness (QED) is 0.327. The van der Waals surface area contributed by atoms with E-state index in [4.69, 9.17) is 9.72 Å². The molecular weight excluding hydrogens is 492 g/mol. The molecule has 10 nitrogen and oxygen atoms in total. The topological polar surface area (TPSA) is 104 Å². The lowest BCUT2D eigenvalue weighted by Gasteiger charge is -2.38. The summed E-state index contributed by atoms with van der Waals surface area (Å²) in [6.45, 7) is 15.0. The van der Waals surface area contributed by atoms with Gasteiger partial charge in [0.25, 0.3) is 0 Å². The Hall–Kier alpha value is -3.92. The predicted molar refractivity (Wildman–Crippen MR) is 153 cm³/mol. The van der Waals surface area contributed by atoms with Crippen molar-refractivity contribution in [3.8, 4) is 11.3 Å². The number of ether oxygens (including phenoxy) is 1. The second kappa shape index (κ2) is 10.7.